The molecule has 0 aliphatic rings. The van der Waals surface area contributed by atoms with Gasteiger partial charge < -0.3 is 9.84 Å². The Labute approximate surface area is 236 Å². The zero-order valence-corrected chi connectivity index (χ0v) is 26.5. The average molecular weight is 531 g/mol. The monoisotopic (exact) mass is 530 g/mol. The van der Waals surface area contributed by atoms with Gasteiger partial charge in [0.1, 0.15) is 5.75 Å². The number of phenolic OH excluding ortho intramolecular Hbond substituents is 1. The van der Waals surface area contributed by atoms with Crippen molar-refractivity contribution in [1.82, 2.24) is 0 Å². The number of phenols is 1. The molecule has 0 radical (unpaired) electrons. The first-order chi connectivity index (χ1) is 17.8. The number of carbonyl (C=O) groups is 1. The summed E-state index contributed by atoms with van der Waals surface area (Å²) in [6.45, 7) is 17.9. The third-order valence-electron chi connectivity index (χ3n) is 7.59. The van der Waals surface area contributed by atoms with Crippen molar-refractivity contribution in [2.24, 2.45) is 5.92 Å². The molecule has 0 unspecified atom stereocenters. The lowest BCUT2D eigenvalue weighted by Crippen LogP contribution is -2.18. The lowest BCUT2D eigenvalue weighted by Gasteiger charge is -2.28. The van der Waals surface area contributed by atoms with Crippen LogP contribution in [0.5, 0.6) is 5.75 Å². The third kappa shape index (κ3) is 15.2. The highest BCUT2D eigenvalue weighted by Crippen LogP contribution is 2.40. The first-order valence-corrected chi connectivity index (χ1v) is 15.8. The smallest absolute Gasteiger partial charge is 0.306 e. The van der Waals surface area contributed by atoms with Gasteiger partial charge in [0.2, 0.25) is 0 Å². The van der Waals surface area contributed by atoms with E-state index in [0.717, 1.165) is 35.4 Å². The molecule has 0 saturated carbocycles. The van der Waals surface area contributed by atoms with Crippen LogP contribution < -0.4 is 0 Å². The van der Waals surface area contributed by atoms with E-state index in [0.29, 0.717) is 25.2 Å². The molecule has 0 heterocycles. The Morgan fingerprint density at radius 1 is 0.711 bits per heavy atom. The molecule has 3 heteroatoms. The van der Waals surface area contributed by atoms with Gasteiger partial charge in [-0.2, -0.15) is 0 Å². The summed E-state index contributed by atoms with van der Waals surface area (Å²) >= 11 is 0. The van der Waals surface area contributed by atoms with E-state index in [9.17, 15) is 9.90 Å². The fourth-order valence-corrected chi connectivity index (χ4v) is 5.09. The van der Waals surface area contributed by atoms with Crippen molar-refractivity contribution in [2.75, 3.05) is 6.61 Å². The number of hydrogen-bond acceptors (Lipinski definition) is 3. The molecule has 0 atom stereocenters. The van der Waals surface area contributed by atoms with Gasteiger partial charge in [0.15, 0.2) is 0 Å². The molecule has 0 aliphatic carbocycles. The maximum atomic E-state index is 12.3. The summed E-state index contributed by atoms with van der Waals surface area (Å²) in [5, 5.41) is 10.9. The van der Waals surface area contributed by atoms with Gasteiger partial charge in [-0.1, -0.05) is 151 Å². The Kier molecular flexibility index (Phi) is 16.3. The lowest BCUT2D eigenvalue weighted by molar-refractivity contribution is -0.143. The largest absolute Gasteiger partial charge is 0.507 e. The first-order valence-electron chi connectivity index (χ1n) is 15.8. The zero-order chi connectivity index (χ0) is 28.6. The van der Waals surface area contributed by atoms with Gasteiger partial charge in [-0.05, 0) is 46.3 Å². The number of benzene rings is 1. The summed E-state index contributed by atoms with van der Waals surface area (Å²) in [5.41, 5.74) is 2.67. The number of esters is 1. The number of carbonyl (C=O) groups excluding carboxylic acids is 1. The number of ether oxygens (including phenoxy) is 1. The SMILES string of the molecule is CC(C)CCCCCCCCCCCCCCCOC(=O)CCc1cc(C(C)(C)C)c(O)c(C(C)(C)C)c1. The van der Waals surface area contributed by atoms with Crippen LogP contribution in [0, 0.1) is 5.92 Å². The number of rotatable bonds is 19. The highest BCUT2D eigenvalue weighted by atomic mass is 16.5. The van der Waals surface area contributed by atoms with Gasteiger partial charge in [0.05, 0.1) is 6.61 Å². The molecule has 0 aliphatic heterocycles. The molecule has 0 spiro atoms. The van der Waals surface area contributed by atoms with E-state index in [4.69, 9.17) is 4.74 Å². The van der Waals surface area contributed by atoms with Gasteiger partial charge >= 0.3 is 5.97 Å². The molecule has 0 amide bonds. The number of unbranched alkanes of at least 4 members (excludes halogenated alkanes) is 12. The van der Waals surface area contributed by atoms with Crippen molar-refractivity contribution in [2.45, 2.75) is 169 Å². The van der Waals surface area contributed by atoms with Crippen LogP contribution in [0.25, 0.3) is 0 Å². The fourth-order valence-electron chi connectivity index (χ4n) is 5.09. The van der Waals surface area contributed by atoms with Gasteiger partial charge in [-0.15, -0.1) is 0 Å². The van der Waals surface area contributed by atoms with E-state index < -0.39 is 0 Å². The van der Waals surface area contributed by atoms with Gasteiger partial charge in [0.25, 0.3) is 0 Å². The summed E-state index contributed by atoms with van der Waals surface area (Å²) < 4.78 is 5.51. The van der Waals surface area contributed by atoms with Crippen molar-refractivity contribution >= 4 is 5.97 Å². The predicted octanol–water partition coefficient (Wildman–Crippen LogP) is 10.6. The lowest BCUT2D eigenvalue weighted by atomic mass is 9.78. The number of aryl methyl sites for hydroxylation is 1. The Balaban J connectivity index is 2.14. The summed E-state index contributed by atoms with van der Waals surface area (Å²) in [5.74, 6) is 1.13. The average Bonchev–Trinajstić information content (AvgIpc) is 2.81. The molecule has 3 nitrogen and oxygen atoms in total. The van der Waals surface area contributed by atoms with Crippen LogP contribution in [0.1, 0.15) is 168 Å². The molecular weight excluding hydrogens is 468 g/mol. The topological polar surface area (TPSA) is 46.5 Å². The minimum absolute atomic E-state index is 0.118. The molecule has 1 aromatic rings. The Bertz CT molecular complexity index is 744. The minimum Gasteiger partial charge on any atom is -0.507 e. The van der Waals surface area contributed by atoms with Crippen molar-refractivity contribution in [3.63, 3.8) is 0 Å². The molecule has 1 rings (SSSR count). The van der Waals surface area contributed by atoms with E-state index in [1.807, 2.05) is 0 Å². The van der Waals surface area contributed by atoms with Crippen molar-refractivity contribution in [3.8, 4) is 5.75 Å². The molecule has 38 heavy (non-hydrogen) atoms. The van der Waals surface area contributed by atoms with Gasteiger partial charge in [0, 0.05) is 6.42 Å². The van der Waals surface area contributed by atoms with Crippen LogP contribution in [0.4, 0.5) is 0 Å². The predicted molar refractivity (Wildman–Crippen MR) is 164 cm³/mol. The van der Waals surface area contributed by atoms with Crippen molar-refractivity contribution in [3.05, 3.63) is 28.8 Å². The highest BCUT2D eigenvalue weighted by Gasteiger charge is 2.26. The zero-order valence-electron chi connectivity index (χ0n) is 26.5. The Hall–Kier alpha value is -1.51. The highest BCUT2D eigenvalue weighted by molar-refractivity contribution is 5.69. The second-order valence-corrected chi connectivity index (χ2v) is 14.0. The van der Waals surface area contributed by atoms with Crippen LogP contribution in [0.3, 0.4) is 0 Å². The molecular formula is C35H62O3. The second-order valence-electron chi connectivity index (χ2n) is 14.0. The van der Waals surface area contributed by atoms with Crippen molar-refractivity contribution < 1.29 is 14.6 Å². The van der Waals surface area contributed by atoms with E-state index in [2.05, 4.69) is 67.5 Å². The normalized spacial score (nSPS) is 12.3. The Morgan fingerprint density at radius 3 is 1.50 bits per heavy atom. The molecule has 1 aromatic carbocycles. The maximum Gasteiger partial charge on any atom is 0.306 e. The van der Waals surface area contributed by atoms with E-state index in [1.54, 1.807) is 0 Å². The van der Waals surface area contributed by atoms with Crippen molar-refractivity contribution in [1.29, 1.82) is 0 Å². The summed E-state index contributed by atoms with van der Waals surface area (Å²) in [6.07, 6.45) is 19.6. The number of aromatic hydroxyl groups is 1. The summed E-state index contributed by atoms with van der Waals surface area (Å²) in [4.78, 5) is 12.3. The molecule has 0 bridgehead atoms. The number of hydrogen-bond donors (Lipinski definition) is 1. The minimum atomic E-state index is -0.159. The van der Waals surface area contributed by atoms with E-state index in [1.165, 1.54) is 77.0 Å². The van der Waals surface area contributed by atoms with Crippen LogP contribution in [-0.2, 0) is 26.8 Å². The van der Waals surface area contributed by atoms with Crippen LogP contribution >= 0.6 is 0 Å². The first kappa shape index (κ1) is 34.5. The van der Waals surface area contributed by atoms with E-state index in [-0.39, 0.29) is 16.8 Å². The van der Waals surface area contributed by atoms with Gasteiger partial charge in [-0.3, -0.25) is 4.79 Å². The van der Waals surface area contributed by atoms with Crippen LogP contribution in [0.15, 0.2) is 12.1 Å². The summed E-state index contributed by atoms with van der Waals surface area (Å²) in [7, 11) is 0. The second kappa shape index (κ2) is 18.0. The molecule has 1 N–H and O–H groups in total. The van der Waals surface area contributed by atoms with E-state index >= 15 is 0 Å². The molecule has 0 aromatic heterocycles. The maximum absolute atomic E-state index is 12.3. The standard InChI is InChI=1S/C35H62O3/c1-28(2)22-20-18-16-14-12-10-9-11-13-15-17-19-21-25-38-32(36)24-23-29-26-30(34(3,4)5)33(37)31(27-29)35(6,7)8/h26-28,37H,9-25H2,1-8H3. The Morgan fingerprint density at radius 2 is 1.11 bits per heavy atom. The molecule has 0 fully saturated rings. The fraction of sp³-hybridized carbons (Fsp3) is 0.800. The van der Waals surface area contributed by atoms with Crippen LogP contribution in [0.2, 0.25) is 0 Å². The molecule has 220 valence electrons. The third-order valence-corrected chi connectivity index (χ3v) is 7.59. The summed E-state index contributed by atoms with van der Waals surface area (Å²) in [6, 6.07) is 4.12. The van der Waals surface area contributed by atoms with Gasteiger partial charge in [-0.25, -0.2) is 0 Å². The van der Waals surface area contributed by atoms with Crippen LogP contribution in [-0.4, -0.2) is 17.7 Å². The molecule has 0 saturated heterocycles. The quantitative estimate of drug-likeness (QED) is 0.143.